The van der Waals surface area contributed by atoms with Gasteiger partial charge < -0.3 is 23.9 Å². The Hall–Kier alpha value is -1.55. The van der Waals surface area contributed by atoms with Gasteiger partial charge >= 0.3 is 0 Å². The van der Waals surface area contributed by atoms with Crippen LogP contribution in [0.15, 0.2) is 17.4 Å². The van der Waals surface area contributed by atoms with Crippen molar-refractivity contribution in [3.05, 3.63) is 23.0 Å². The van der Waals surface area contributed by atoms with Crippen LogP contribution in [-0.2, 0) is 20.9 Å². The number of hydrogen-bond acceptors (Lipinski definition) is 8. The summed E-state index contributed by atoms with van der Waals surface area (Å²) in [4.78, 5) is 42.5. The van der Waals surface area contributed by atoms with Gasteiger partial charge in [-0.25, -0.2) is 18.4 Å². The molecule has 116 valence electrons. The number of nitrogens with one attached hydrogen (secondary N) is 1. The fraction of sp³-hybridized carbons (Fsp3) is 0.444. The van der Waals surface area contributed by atoms with E-state index in [0.29, 0.717) is 5.65 Å². The molecule has 0 bridgehead atoms. The Balaban J connectivity index is 2.05. The molecule has 0 amide bonds. The molecule has 0 aliphatic carbocycles. The van der Waals surface area contributed by atoms with E-state index in [-0.39, 0.29) is 18.5 Å². The van der Waals surface area contributed by atoms with Gasteiger partial charge in [0.25, 0.3) is 5.56 Å². The van der Waals surface area contributed by atoms with Gasteiger partial charge in [0.1, 0.15) is 0 Å². The normalized spacial score (nSPS) is 12.9. The fourth-order valence-corrected chi connectivity index (χ4v) is 4.83. The lowest BCUT2D eigenvalue weighted by Gasteiger charge is -2.28. The zero-order chi connectivity index (χ0) is 15.7. The molecule has 0 saturated heterocycles. The van der Waals surface area contributed by atoms with Gasteiger partial charge in [-0.2, -0.15) is 0 Å². The summed E-state index contributed by atoms with van der Waals surface area (Å²) >= 11 is 0. The van der Waals surface area contributed by atoms with Crippen molar-refractivity contribution in [1.82, 2.24) is 19.5 Å². The van der Waals surface area contributed by atoms with E-state index in [1.54, 1.807) is 0 Å². The lowest BCUT2D eigenvalue weighted by molar-refractivity contribution is -0.311. The maximum Gasteiger partial charge on any atom is 0.278 e. The minimum Gasteiger partial charge on any atom is -0.810 e. The average molecular weight is 334 g/mol. The van der Waals surface area contributed by atoms with Crippen LogP contribution in [0.25, 0.3) is 11.2 Å². The molecule has 0 fully saturated rings. The molecule has 1 N–H and O–H groups in total. The number of aromatic nitrogens is 4. The van der Waals surface area contributed by atoms with Crippen molar-refractivity contribution in [3.8, 4) is 0 Å². The molecule has 2 heterocycles. The van der Waals surface area contributed by atoms with Gasteiger partial charge in [-0.05, 0) is 6.42 Å². The van der Waals surface area contributed by atoms with Crippen molar-refractivity contribution in [2.24, 2.45) is 0 Å². The Kier molecular flexibility index (Phi) is 4.28. The van der Waals surface area contributed by atoms with Gasteiger partial charge in [0.05, 0.1) is 23.9 Å². The first-order valence-electron chi connectivity index (χ1n) is 5.78. The van der Waals surface area contributed by atoms with Crippen molar-refractivity contribution >= 4 is 28.6 Å². The summed E-state index contributed by atoms with van der Waals surface area (Å²) in [5.41, 5.74) is -1.37. The van der Waals surface area contributed by atoms with Gasteiger partial charge in [0.2, 0.25) is 0 Å². The summed E-state index contributed by atoms with van der Waals surface area (Å²) < 4.78 is 34.8. The highest BCUT2D eigenvalue weighted by molar-refractivity contribution is 7.97. The second-order valence-electron chi connectivity index (χ2n) is 4.38. The number of fused-ring (bicyclic) bond motifs is 1. The van der Waals surface area contributed by atoms with Crippen LogP contribution in [0.4, 0.5) is 0 Å². The standard InChI is InChI=1S/C9H13N4O6PS/c14-9-7-8(10-4-11-9)13(5-12-7)2-1-3-21(18,19)6-20(15,16)17/h4-5H,1-3,6H2,(H,10,11,14)(H2,15,16,17)/p-2. The number of aryl methyl sites for hydroxylation is 1. The molecule has 0 aliphatic heterocycles. The second-order valence-corrected chi connectivity index (χ2v) is 8.53. The number of H-pyrrole nitrogens is 1. The van der Waals surface area contributed by atoms with Gasteiger partial charge in [0, 0.05) is 6.54 Å². The van der Waals surface area contributed by atoms with Crippen LogP contribution in [0.1, 0.15) is 6.42 Å². The molecule has 12 heteroatoms. The minimum absolute atomic E-state index is 0.0717. The van der Waals surface area contributed by atoms with Gasteiger partial charge in [-0.3, -0.25) is 4.79 Å². The van der Waals surface area contributed by atoms with Crippen LogP contribution in [0.5, 0.6) is 0 Å². The molecule has 0 atom stereocenters. The summed E-state index contributed by atoms with van der Waals surface area (Å²) in [6.45, 7) is 0.175. The van der Waals surface area contributed by atoms with E-state index >= 15 is 0 Å². The van der Waals surface area contributed by atoms with Crippen molar-refractivity contribution in [1.29, 1.82) is 0 Å². The van der Waals surface area contributed by atoms with Gasteiger partial charge in [-0.15, -0.1) is 0 Å². The highest BCUT2D eigenvalue weighted by atomic mass is 32.2. The van der Waals surface area contributed by atoms with E-state index in [1.807, 2.05) is 0 Å². The fourth-order valence-electron chi connectivity index (χ4n) is 1.82. The smallest absolute Gasteiger partial charge is 0.278 e. The van der Waals surface area contributed by atoms with Crippen molar-refractivity contribution in [2.45, 2.75) is 13.0 Å². The third kappa shape index (κ3) is 4.21. The maximum absolute atomic E-state index is 11.4. The Morgan fingerprint density at radius 3 is 2.71 bits per heavy atom. The molecule has 0 radical (unpaired) electrons. The third-order valence-electron chi connectivity index (χ3n) is 2.62. The van der Waals surface area contributed by atoms with E-state index in [9.17, 15) is 27.6 Å². The van der Waals surface area contributed by atoms with Crippen molar-refractivity contribution in [3.63, 3.8) is 0 Å². The monoisotopic (exact) mass is 334 g/mol. The quantitative estimate of drug-likeness (QED) is 0.582. The van der Waals surface area contributed by atoms with E-state index in [1.165, 1.54) is 17.2 Å². The number of hydrogen-bond donors (Lipinski definition) is 1. The lowest BCUT2D eigenvalue weighted by atomic mass is 10.4. The Morgan fingerprint density at radius 2 is 2.05 bits per heavy atom. The van der Waals surface area contributed by atoms with Crippen LogP contribution in [-0.4, -0.2) is 39.2 Å². The van der Waals surface area contributed by atoms with Crippen LogP contribution in [0, 0.1) is 0 Å². The zero-order valence-corrected chi connectivity index (χ0v) is 12.3. The second kappa shape index (κ2) is 5.68. The number of aromatic amines is 1. The largest absolute Gasteiger partial charge is 0.810 e. The first-order valence-corrected chi connectivity index (χ1v) is 9.33. The summed E-state index contributed by atoms with van der Waals surface area (Å²) in [5, 5.41) is 0. The molecular formula is C9H11N4O6PS-2. The predicted octanol–water partition coefficient (Wildman–Crippen LogP) is -2.20. The highest BCUT2D eigenvalue weighted by Crippen LogP contribution is 2.25. The van der Waals surface area contributed by atoms with Crippen LogP contribution in [0.2, 0.25) is 0 Å². The Morgan fingerprint density at radius 1 is 1.33 bits per heavy atom. The van der Waals surface area contributed by atoms with Crippen molar-refractivity contribution < 1.29 is 22.8 Å². The Bertz CT molecular complexity index is 850. The molecule has 2 aromatic rings. The SMILES string of the molecule is O=c1[nH]cnc2c1ncn2CCCS(=O)(=O)CP(=O)([O-])[O-]. The Labute approximate surface area is 118 Å². The molecular weight excluding hydrogens is 323 g/mol. The first kappa shape index (κ1) is 15.8. The molecule has 2 rings (SSSR count). The molecule has 0 spiro atoms. The molecule has 0 aromatic carbocycles. The third-order valence-corrected chi connectivity index (χ3v) is 6.37. The van der Waals surface area contributed by atoms with Crippen LogP contribution >= 0.6 is 7.60 Å². The van der Waals surface area contributed by atoms with Gasteiger partial charge in [0.15, 0.2) is 21.0 Å². The lowest BCUT2D eigenvalue weighted by Crippen LogP contribution is -2.24. The van der Waals surface area contributed by atoms with Crippen molar-refractivity contribution in [2.75, 3.05) is 11.2 Å². The van der Waals surface area contributed by atoms with E-state index in [2.05, 4.69) is 15.0 Å². The van der Waals surface area contributed by atoms with E-state index in [0.717, 1.165) is 0 Å². The number of nitrogens with zero attached hydrogens (tertiary/aromatic N) is 3. The molecule has 0 unspecified atom stereocenters. The topological polar surface area (TPSA) is 161 Å². The number of rotatable bonds is 6. The molecule has 2 aromatic heterocycles. The molecule has 0 saturated carbocycles. The minimum atomic E-state index is -5.10. The van der Waals surface area contributed by atoms with E-state index in [4.69, 9.17) is 0 Å². The summed E-state index contributed by atoms with van der Waals surface area (Å²) in [7, 11) is -9.06. The van der Waals surface area contributed by atoms with Gasteiger partial charge in [-0.1, -0.05) is 7.60 Å². The van der Waals surface area contributed by atoms with Crippen LogP contribution < -0.4 is 15.3 Å². The maximum atomic E-state index is 11.4. The number of sulfone groups is 1. The molecule has 0 aliphatic rings. The first-order chi connectivity index (χ1) is 9.68. The molecule has 10 nitrogen and oxygen atoms in total. The summed E-state index contributed by atoms with van der Waals surface area (Å²) in [6, 6.07) is 0. The summed E-state index contributed by atoms with van der Waals surface area (Å²) in [5.74, 6) is -0.454. The highest BCUT2D eigenvalue weighted by Gasteiger charge is 2.13. The van der Waals surface area contributed by atoms with Crippen LogP contribution in [0.3, 0.4) is 0 Å². The molecule has 21 heavy (non-hydrogen) atoms. The predicted molar refractivity (Wildman–Crippen MR) is 69.0 cm³/mol. The van der Waals surface area contributed by atoms with E-state index < -0.39 is 34.2 Å². The zero-order valence-electron chi connectivity index (χ0n) is 10.6. The summed E-state index contributed by atoms with van der Waals surface area (Å²) in [6.07, 6.45) is 2.61. The number of imidazole rings is 1. The average Bonchev–Trinajstić information content (AvgIpc) is 2.71.